The Morgan fingerprint density at radius 3 is 2.25 bits per heavy atom. The molecule has 1 atom stereocenters. The fraction of sp³-hybridized carbons (Fsp3) is 0.667. The molecule has 0 fully saturated rings. The van der Waals surface area contributed by atoms with E-state index in [4.69, 9.17) is 0 Å². The van der Waals surface area contributed by atoms with Crippen molar-refractivity contribution in [3.63, 3.8) is 0 Å². The molecule has 0 saturated heterocycles. The Labute approximate surface area is 125 Å². The van der Waals surface area contributed by atoms with Crippen molar-refractivity contribution in [2.24, 2.45) is 0 Å². The van der Waals surface area contributed by atoms with E-state index in [1.165, 1.54) is 17.5 Å². The molecule has 0 radical (unpaired) electrons. The highest BCUT2D eigenvalue weighted by Gasteiger charge is 2.08. The zero-order chi connectivity index (χ0) is 15.0. The average Bonchev–Trinajstić information content (AvgIpc) is 2.47. The average molecular weight is 276 g/mol. The van der Waals surface area contributed by atoms with E-state index in [2.05, 4.69) is 69.2 Å². The maximum atomic E-state index is 3.69. The molecule has 1 aromatic rings. The predicted molar refractivity (Wildman–Crippen MR) is 89.2 cm³/mol. The minimum atomic E-state index is 0.491. The van der Waals surface area contributed by atoms with Gasteiger partial charge in [0.1, 0.15) is 0 Å². The molecule has 0 aliphatic heterocycles. The molecule has 1 N–H and O–H groups in total. The minimum Gasteiger partial charge on any atom is -0.310 e. The van der Waals surface area contributed by atoms with Crippen LogP contribution >= 0.6 is 0 Å². The van der Waals surface area contributed by atoms with Gasteiger partial charge in [0.15, 0.2) is 0 Å². The molecule has 0 heterocycles. The van der Waals surface area contributed by atoms with Gasteiger partial charge in [0.25, 0.3) is 0 Å². The monoisotopic (exact) mass is 276 g/mol. The fourth-order valence-electron chi connectivity index (χ4n) is 2.35. The van der Waals surface area contributed by atoms with Gasteiger partial charge in [-0.3, -0.25) is 0 Å². The van der Waals surface area contributed by atoms with E-state index in [-0.39, 0.29) is 0 Å². The van der Waals surface area contributed by atoms with Crippen LogP contribution in [0.1, 0.15) is 57.7 Å². The van der Waals surface area contributed by atoms with Gasteiger partial charge in [-0.15, -0.1) is 0 Å². The highest BCUT2D eigenvalue weighted by Crippen LogP contribution is 2.17. The third-order valence-corrected chi connectivity index (χ3v) is 4.16. The van der Waals surface area contributed by atoms with E-state index in [0.29, 0.717) is 12.1 Å². The first-order chi connectivity index (χ1) is 9.58. The van der Waals surface area contributed by atoms with Crippen LogP contribution in [0.15, 0.2) is 24.3 Å². The number of rotatable bonds is 9. The van der Waals surface area contributed by atoms with Crippen LogP contribution in [-0.2, 0) is 6.42 Å². The SMILES string of the molecule is CCc1ccc(C(CC)NCCCN(C)C(C)C)cc1. The van der Waals surface area contributed by atoms with Gasteiger partial charge in [-0.05, 0) is 64.4 Å². The molecule has 1 rings (SSSR count). The highest BCUT2D eigenvalue weighted by atomic mass is 15.1. The summed E-state index contributed by atoms with van der Waals surface area (Å²) in [6.07, 6.45) is 3.47. The van der Waals surface area contributed by atoms with Gasteiger partial charge in [-0.1, -0.05) is 38.1 Å². The van der Waals surface area contributed by atoms with E-state index in [1.54, 1.807) is 0 Å². The van der Waals surface area contributed by atoms with Gasteiger partial charge in [0.05, 0.1) is 0 Å². The number of aryl methyl sites for hydroxylation is 1. The summed E-state index contributed by atoms with van der Waals surface area (Å²) in [5.41, 5.74) is 2.84. The molecule has 0 aliphatic carbocycles. The molecule has 0 aromatic heterocycles. The molecule has 1 aromatic carbocycles. The lowest BCUT2D eigenvalue weighted by Gasteiger charge is -2.22. The van der Waals surface area contributed by atoms with Crippen molar-refractivity contribution >= 4 is 0 Å². The van der Waals surface area contributed by atoms with Gasteiger partial charge >= 0.3 is 0 Å². The lowest BCUT2D eigenvalue weighted by atomic mass is 10.0. The van der Waals surface area contributed by atoms with Crippen LogP contribution in [0.3, 0.4) is 0 Å². The molecule has 20 heavy (non-hydrogen) atoms. The first-order valence-electron chi connectivity index (χ1n) is 8.10. The quantitative estimate of drug-likeness (QED) is 0.685. The van der Waals surface area contributed by atoms with Crippen LogP contribution in [-0.4, -0.2) is 31.1 Å². The molecule has 0 spiro atoms. The van der Waals surface area contributed by atoms with E-state index in [0.717, 1.165) is 25.9 Å². The summed E-state index contributed by atoms with van der Waals surface area (Å²) < 4.78 is 0. The number of hydrogen-bond donors (Lipinski definition) is 1. The van der Waals surface area contributed by atoms with E-state index < -0.39 is 0 Å². The van der Waals surface area contributed by atoms with Crippen LogP contribution in [0.2, 0.25) is 0 Å². The number of hydrogen-bond acceptors (Lipinski definition) is 2. The lowest BCUT2D eigenvalue weighted by molar-refractivity contribution is 0.267. The minimum absolute atomic E-state index is 0.491. The Bertz CT molecular complexity index is 356. The van der Waals surface area contributed by atoms with E-state index >= 15 is 0 Å². The summed E-state index contributed by atoms with van der Waals surface area (Å²) in [5.74, 6) is 0. The van der Waals surface area contributed by atoms with Crippen molar-refractivity contribution in [2.75, 3.05) is 20.1 Å². The summed E-state index contributed by atoms with van der Waals surface area (Å²) in [5, 5.41) is 3.69. The van der Waals surface area contributed by atoms with Gasteiger partial charge in [-0.2, -0.15) is 0 Å². The summed E-state index contributed by atoms with van der Waals surface area (Å²) in [6.45, 7) is 11.2. The summed E-state index contributed by atoms with van der Waals surface area (Å²) in [7, 11) is 2.20. The summed E-state index contributed by atoms with van der Waals surface area (Å²) >= 11 is 0. The fourth-order valence-corrected chi connectivity index (χ4v) is 2.35. The van der Waals surface area contributed by atoms with Crippen LogP contribution in [0.5, 0.6) is 0 Å². The van der Waals surface area contributed by atoms with Crippen LogP contribution < -0.4 is 5.32 Å². The van der Waals surface area contributed by atoms with Crippen molar-refractivity contribution in [3.05, 3.63) is 35.4 Å². The smallest absolute Gasteiger partial charge is 0.0317 e. The maximum Gasteiger partial charge on any atom is 0.0317 e. The summed E-state index contributed by atoms with van der Waals surface area (Å²) in [4.78, 5) is 2.40. The van der Waals surface area contributed by atoms with Crippen molar-refractivity contribution in [2.45, 2.75) is 59.0 Å². The lowest BCUT2D eigenvalue weighted by Crippen LogP contribution is -2.30. The Hall–Kier alpha value is -0.860. The van der Waals surface area contributed by atoms with Crippen LogP contribution in [0.4, 0.5) is 0 Å². The standard InChI is InChI=1S/C18H32N2/c1-6-16-9-11-17(12-10-16)18(7-2)19-13-8-14-20(5)15(3)4/h9-12,15,18-19H,6-8,13-14H2,1-5H3. The third kappa shape index (κ3) is 5.64. The number of benzene rings is 1. The van der Waals surface area contributed by atoms with E-state index in [1.807, 2.05) is 0 Å². The highest BCUT2D eigenvalue weighted by molar-refractivity contribution is 5.24. The van der Waals surface area contributed by atoms with Crippen LogP contribution in [0.25, 0.3) is 0 Å². The third-order valence-electron chi connectivity index (χ3n) is 4.16. The zero-order valence-corrected chi connectivity index (χ0v) is 13.9. The molecule has 1 unspecified atom stereocenters. The van der Waals surface area contributed by atoms with Gasteiger partial charge in [0.2, 0.25) is 0 Å². The molecule has 0 saturated carbocycles. The Morgan fingerprint density at radius 2 is 1.75 bits per heavy atom. The molecule has 2 nitrogen and oxygen atoms in total. The topological polar surface area (TPSA) is 15.3 Å². The molecule has 114 valence electrons. The molecular formula is C18H32N2. The second-order valence-electron chi connectivity index (χ2n) is 5.94. The molecule has 0 aliphatic rings. The Kier molecular flexibility index (Phi) is 7.86. The Balaban J connectivity index is 2.39. The second kappa shape index (κ2) is 9.15. The van der Waals surface area contributed by atoms with Crippen LogP contribution in [0, 0.1) is 0 Å². The van der Waals surface area contributed by atoms with Crippen molar-refractivity contribution in [1.29, 1.82) is 0 Å². The number of nitrogens with one attached hydrogen (secondary N) is 1. The van der Waals surface area contributed by atoms with Crippen molar-refractivity contribution in [1.82, 2.24) is 10.2 Å². The molecule has 0 amide bonds. The Morgan fingerprint density at radius 1 is 1.10 bits per heavy atom. The first-order valence-corrected chi connectivity index (χ1v) is 8.10. The van der Waals surface area contributed by atoms with Crippen molar-refractivity contribution < 1.29 is 0 Å². The normalized spacial score (nSPS) is 13.2. The second-order valence-corrected chi connectivity index (χ2v) is 5.94. The summed E-state index contributed by atoms with van der Waals surface area (Å²) in [6, 6.07) is 10.2. The van der Waals surface area contributed by atoms with Crippen molar-refractivity contribution in [3.8, 4) is 0 Å². The predicted octanol–water partition coefficient (Wildman–Crippen LogP) is 4.02. The zero-order valence-electron chi connectivity index (χ0n) is 13.9. The number of nitrogens with zero attached hydrogens (tertiary/aromatic N) is 1. The molecule has 0 bridgehead atoms. The van der Waals surface area contributed by atoms with E-state index in [9.17, 15) is 0 Å². The van der Waals surface area contributed by atoms with Gasteiger partial charge in [0, 0.05) is 12.1 Å². The maximum absolute atomic E-state index is 3.69. The molecule has 2 heteroatoms. The molecular weight excluding hydrogens is 244 g/mol. The van der Waals surface area contributed by atoms with Gasteiger partial charge < -0.3 is 10.2 Å². The van der Waals surface area contributed by atoms with Gasteiger partial charge in [-0.25, -0.2) is 0 Å². The largest absolute Gasteiger partial charge is 0.310 e. The first kappa shape index (κ1) is 17.2.